The number of rotatable bonds is 4. The minimum Gasteiger partial charge on any atom is -0.526 e. The number of ether oxygens (including phenoxy) is 2. The second kappa shape index (κ2) is 9.05. The Morgan fingerprint density at radius 1 is 0.657 bits per heavy atom. The maximum absolute atomic E-state index is 12.4. The van der Waals surface area contributed by atoms with Crippen LogP contribution in [-0.2, 0) is 9.47 Å². The van der Waals surface area contributed by atoms with E-state index in [0.717, 1.165) is 10.8 Å². The van der Waals surface area contributed by atoms with Gasteiger partial charge in [-0.25, -0.2) is 9.59 Å². The van der Waals surface area contributed by atoms with Crippen molar-refractivity contribution in [1.29, 1.82) is 0 Å². The Kier molecular flexibility index (Phi) is 6.27. The summed E-state index contributed by atoms with van der Waals surface area (Å²) in [6, 6.07) is 14.3. The highest BCUT2D eigenvalue weighted by atomic mass is 16.6. The lowest BCUT2D eigenvalue weighted by molar-refractivity contribution is 0.0533. The molecule has 0 aliphatic heterocycles. The first-order valence-electron chi connectivity index (χ1n) is 11.2. The van der Waals surface area contributed by atoms with Gasteiger partial charge in [-0.3, -0.25) is 9.13 Å². The number of aromatic nitrogens is 2. The van der Waals surface area contributed by atoms with Gasteiger partial charge in [-0.2, -0.15) is 0 Å². The van der Waals surface area contributed by atoms with Crippen LogP contribution in [0, 0.1) is 0 Å². The molecule has 0 saturated heterocycles. The summed E-state index contributed by atoms with van der Waals surface area (Å²) in [5.74, 6) is 1.10. The van der Waals surface area contributed by atoms with E-state index >= 15 is 0 Å². The standard InChI is InChI=1S/C26H28BN2O6/c1-25(2,3)32-23(30)28-13-11-17-15-19(7-9-21(17)28)34-27-35-20-8-10-22-18(16-20)12-14-29(22)24(31)33-26(4,5)6/h7-16H,1-6H3. The molecule has 0 aliphatic carbocycles. The molecule has 2 heterocycles. The van der Waals surface area contributed by atoms with Crippen LogP contribution in [-0.4, -0.2) is 40.2 Å². The maximum Gasteiger partial charge on any atom is 0.658 e. The second-order valence-corrected chi connectivity index (χ2v) is 10.1. The fourth-order valence-corrected chi connectivity index (χ4v) is 3.46. The third kappa shape index (κ3) is 5.80. The van der Waals surface area contributed by atoms with E-state index in [1.165, 1.54) is 16.8 Å². The molecule has 0 atom stereocenters. The molecule has 2 aromatic carbocycles. The average Bonchev–Trinajstić information content (AvgIpc) is 3.35. The molecule has 9 heteroatoms. The van der Waals surface area contributed by atoms with Crippen LogP contribution in [0.25, 0.3) is 21.8 Å². The van der Waals surface area contributed by atoms with Crippen molar-refractivity contribution in [1.82, 2.24) is 9.13 Å². The van der Waals surface area contributed by atoms with Gasteiger partial charge in [-0.15, -0.1) is 0 Å². The third-order valence-corrected chi connectivity index (χ3v) is 4.87. The second-order valence-electron chi connectivity index (χ2n) is 10.1. The zero-order valence-corrected chi connectivity index (χ0v) is 20.7. The Morgan fingerprint density at radius 2 is 1.06 bits per heavy atom. The highest BCUT2D eigenvalue weighted by molar-refractivity contribution is 6.21. The van der Waals surface area contributed by atoms with E-state index in [1.54, 1.807) is 48.8 Å². The molecule has 4 aromatic rings. The SMILES string of the molecule is CC(C)(C)OC(=O)n1ccc2cc(O[B]Oc3ccc4c(ccn4C(=O)OC(C)(C)C)c3)ccc21. The van der Waals surface area contributed by atoms with Crippen molar-refractivity contribution in [2.24, 2.45) is 0 Å². The van der Waals surface area contributed by atoms with E-state index in [-0.39, 0.29) is 0 Å². The number of nitrogens with zero attached hydrogens (tertiary/aromatic N) is 2. The number of hydrogen-bond donors (Lipinski definition) is 0. The predicted octanol–water partition coefficient (Wildman–Crippen LogP) is 6.15. The number of hydrogen-bond acceptors (Lipinski definition) is 6. The van der Waals surface area contributed by atoms with Crippen LogP contribution in [0.3, 0.4) is 0 Å². The van der Waals surface area contributed by atoms with Gasteiger partial charge in [0.1, 0.15) is 22.7 Å². The van der Waals surface area contributed by atoms with Crippen molar-refractivity contribution in [3.63, 3.8) is 0 Å². The van der Waals surface area contributed by atoms with Crippen LogP contribution in [0.2, 0.25) is 0 Å². The summed E-state index contributed by atoms with van der Waals surface area (Å²) in [4.78, 5) is 24.8. The minimum atomic E-state index is -0.579. The average molecular weight is 475 g/mol. The molecule has 35 heavy (non-hydrogen) atoms. The van der Waals surface area contributed by atoms with Crippen LogP contribution in [0.1, 0.15) is 41.5 Å². The van der Waals surface area contributed by atoms with Gasteiger partial charge in [-0.05, 0) is 90.1 Å². The summed E-state index contributed by atoms with van der Waals surface area (Å²) < 4.78 is 25.1. The monoisotopic (exact) mass is 475 g/mol. The van der Waals surface area contributed by atoms with Crippen molar-refractivity contribution in [2.75, 3.05) is 0 Å². The van der Waals surface area contributed by atoms with Crippen LogP contribution >= 0.6 is 0 Å². The molecule has 0 spiro atoms. The fourth-order valence-electron chi connectivity index (χ4n) is 3.46. The van der Waals surface area contributed by atoms with Crippen molar-refractivity contribution in [2.45, 2.75) is 52.7 Å². The Hall–Kier alpha value is -3.88. The first kappa shape index (κ1) is 24.3. The number of carbonyl (C=O) groups excluding carboxylic acids is 2. The van der Waals surface area contributed by atoms with Gasteiger partial charge in [0.2, 0.25) is 0 Å². The molecule has 0 N–H and O–H groups in total. The van der Waals surface area contributed by atoms with Gasteiger partial charge in [0.25, 0.3) is 0 Å². The van der Waals surface area contributed by atoms with E-state index in [2.05, 4.69) is 0 Å². The summed E-state index contributed by atoms with van der Waals surface area (Å²) in [6.07, 6.45) is 2.46. The van der Waals surface area contributed by atoms with Crippen molar-refractivity contribution >= 4 is 41.7 Å². The molecule has 0 aliphatic rings. The number of benzene rings is 2. The normalized spacial score (nSPS) is 11.9. The van der Waals surface area contributed by atoms with E-state index in [1.807, 2.05) is 53.7 Å². The summed E-state index contributed by atoms with van der Waals surface area (Å²) in [7, 11) is 1.23. The summed E-state index contributed by atoms with van der Waals surface area (Å²) in [6.45, 7) is 11.0. The van der Waals surface area contributed by atoms with Crippen molar-refractivity contribution < 1.29 is 28.4 Å². The Bertz CT molecular complexity index is 1280. The van der Waals surface area contributed by atoms with Gasteiger partial charge < -0.3 is 18.8 Å². The predicted molar refractivity (Wildman–Crippen MR) is 134 cm³/mol. The smallest absolute Gasteiger partial charge is 0.526 e. The Balaban J connectivity index is 1.39. The maximum atomic E-state index is 12.4. The minimum absolute atomic E-state index is 0.438. The van der Waals surface area contributed by atoms with E-state index < -0.39 is 23.4 Å². The molecule has 181 valence electrons. The molecule has 4 rings (SSSR count). The molecule has 8 nitrogen and oxygen atoms in total. The molecule has 0 unspecified atom stereocenters. The molecule has 2 aromatic heterocycles. The lowest BCUT2D eigenvalue weighted by Crippen LogP contribution is -2.26. The van der Waals surface area contributed by atoms with Gasteiger partial charge in [0.05, 0.1) is 11.0 Å². The van der Waals surface area contributed by atoms with Gasteiger partial charge in [0.15, 0.2) is 0 Å². The number of fused-ring (bicyclic) bond motifs is 2. The van der Waals surface area contributed by atoms with Gasteiger partial charge in [-0.1, -0.05) is 0 Å². The highest BCUT2D eigenvalue weighted by Crippen LogP contribution is 2.25. The largest absolute Gasteiger partial charge is 0.658 e. The third-order valence-electron chi connectivity index (χ3n) is 4.87. The van der Waals surface area contributed by atoms with E-state index in [4.69, 9.17) is 18.8 Å². The van der Waals surface area contributed by atoms with E-state index in [0.29, 0.717) is 22.5 Å². The molecule has 0 fully saturated rings. The van der Waals surface area contributed by atoms with Crippen molar-refractivity contribution in [3.8, 4) is 11.5 Å². The Labute approximate surface area is 204 Å². The first-order valence-corrected chi connectivity index (χ1v) is 11.2. The lowest BCUT2D eigenvalue weighted by Gasteiger charge is -2.19. The summed E-state index contributed by atoms with van der Waals surface area (Å²) in [5.41, 5.74) is 0.273. The van der Waals surface area contributed by atoms with Crippen LogP contribution in [0.4, 0.5) is 9.59 Å². The molecule has 1 radical (unpaired) electrons. The molecular weight excluding hydrogens is 447 g/mol. The number of carbonyl (C=O) groups is 2. The molecule has 0 amide bonds. The van der Waals surface area contributed by atoms with Gasteiger partial charge >= 0.3 is 19.9 Å². The zero-order valence-electron chi connectivity index (χ0n) is 20.7. The summed E-state index contributed by atoms with van der Waals surface area (Å²) in [5, 5.41) is 1.65. The van der Waals surface area contributed by atoms with Crippen LogP contribution in [0.15, 0.2) is 60.9 Å². The van der Waals surface area contributed by atoms with Crippen LogP contribution in [0.5, 0.6) is 11.5 Å². The topological polar surface area (TPSA) is 80.9 Å². The first-order chi connectivity index (χ1) is 16.4. The van der Waals surface area contributed by atoms with Gasteiger partial charge in [0, 0.05) is 23.2 Å². The van der Waals surface area contributed by atoms with Crippen molar-refractivity contribution in [3.05, 3.63) is 60.9 Å². The lowest BCUT2D eigenvalue weighted by atomic mass is 10.2. The molecule has 0 saturated carbocycles. The quantitative estimate of drug-likeness (QED) is 0.329. The Morgan fingerprint density at radius 3 is 1.43 bits per heavy atom. The molecular formula is C26H28BN2O6. The highest BCUT2D eigenvalue weighted by Gasteiger charge is 2.20. The van der Waals surface area contributed by atoms with E-state index in [9.17, 15) is 9.59 Å². The zero-order chi connectivity index (χ0) is 25.4. The fraction of sp³-hybridized carbons (Fsp3) is 0.308. The van der Waals surface area contributed by atoms with Crippen LogP contribution < -0.4 is 9.31 Å². The summed E-state index contributed by atoms with van der Waals surface area (Å²) >= 11 is 0. The molecule has 0 bridgehead atoms.